The molecule has 0 N–H and O–H groups in total. The molecule has 0 spiro atoms. The second-order valence-corrected chi connectivity index (χ2v) is 6.77. The van der Waals surface area contributed by atoms with Crippen LogP contribution in [0.15, 0.2) is 54.7 Å². The molecule has 0 unspecified atom stereocenters. The van der Waals surface area contributed by atoms with E-state index in [1.807, 2.05) is 42.5 Å². The molecule has 8 nitrogen and oxygen atoms in total. The minimum Gasteiger partial charge on any atom is -0.490 e. The van der Waals surface area contributed by atoms with Crippen LogP contribution in [0.3, 0.4) is 0 Å². The van der Waals surface area contributed by atoms with Gasteiger partial charge in [0, 0.05) is 11.6 Å². The molecule has 0 aliphatic rings. The van der Waals surface area contributed by atoms with Gasteiger partial charge in [-0.1, -0.05) is 24.3 Å². The number of hydrogen-bond donors (Lipinski definition) is 0. The average molecular weight is 447 g/mol. The van der Waals surface area contributed by atoms with Gasteiger partial charge in [0.2, 0.25) is 0 Å². The zero-order valence-corrected chi connectivity index (χ0v) is 18.2. The van der Waals surface area contributed by atoms with Crippen molar-refractivity contribution >= 4 is 10.9 Å². The van der Waals surface area contributed by atoms with Gasteiger partial charge in [0.05, 0.1) is 45.2 Å². The summed E-state index contributed by atoms with van der Waals surface area (Å²) in [6.45, 7) is 3.30. The van der Waals surface area contributed by atoms with Gasteiger partial charge in [0.25, 0.3) is 0 Å². The SMILES string of the molecule is N#Cc1cccc(OCCOCCOCCOCCOc2cccc3cccnc23)c1C#N. The first-order chi connectivity index (χ1) is 16.3. The fourth-order valence-electron chi connectivity index (χ4n) is 3.02. The normalized spacial score (nSPS) is 10.5. The highest BCUT2D eigenvalue weighted by Gasteiger charge is 2.08. The van der Waals surface area contributed by atoms with Crippen molar-refractivity contribution in [3.05, 3.63) is 65.9 Å². The Balaban J connectivity index is 1.17. The van der Waals surface area contributed by atoms with Gasteiger partial charge >= 0.3 is 0 Å². The Kier molecular flexibility index (Phi) is 9.92. The number of rotatable bonds is 14. The summed E-state index contributed by atoms with van der Waals surface area (Å²) in [5.74, 6) is 1.13. The number of ether oxygens (including phenoxy) is 5. The largest absolute Gasteiger partial charge is 0.490 e. The van der Waals surface area contributed by atoms with Crippen molar-refractivity contribution in [3.8, 4) is 23.6 Å². The minimum atomic E-state index is 0.238. The number of benzene rings is 2. The van der Waals surface area contributed by atoms with Crippen LogP contribution in [0.5, 0.6) is 11.5 Å². The summed E-state index contributed by atoms with van der Waals surface area (Å²) in [5, 5.41) is 19.2. The molecular weight excluding hydrogens is 422 g/mol. The van der Waals surface area contributed by atoms with Crippen LogP contribution in [0.4, 0.5) is 0 Å². The molecule has 170 valence electrons. The maximum absolute atomic E-state index is 9.16. The third-order valence-electron chi connectivity index (χ3n) is 4.57. The number of pyridine rings is 1. The number of aromatic nitrogens is 1. The highest BCUT2D eigenvalue weighted by molar-refractivity contribution is 5.84. The van der Waals surface area contributed by atoms with Crippen LogP contribution in [0.1, 0.15) is 11.1 Å². The van der Waals surface area contributed by atoms with Gasteiger partial charge < -0.3 is 23.7 Å². The summed E-state index contributed by atoms with van der Waals surface area (Å²) in [7, 11) is 0. The van der Waals surface area contributed by atoms with Crippen LogP contribution in [0, 0.1) is 22.7 Å². The molecule has 0 aliphatic carbocycles. The van der Waals surface area contributed by atoms with E-state index in [4.69, 9.17) is 34.2 Å². The van der Waals surface area contributed by atoms with E-state index in [9.17, 15) is 0 Å². The van der Waals surface area contributed by atoms with Gasteiger partial charge in [0.15, 0.2) is 0 Å². The summed E-state index contributed by atoms with van der Waals surface area (Å²) in [5.41, 5.74) is 1.38. The topological polar surface area (TPSA) is 107 Å². The zero-order chi connectivity index (χ0) is 23.1. The highest BCUT2D eigenvalue weighted by Crippen LogP contribution is 2.23. The molecule has 0 radical (unpaired) electrons. The number of para-hydroxylation sites is 1. The number of hydrogen-bond acceptors (Lipinski definition) is 8. The third kappa shape index (κ3) is 7.44. The van der Waals surface area contributed by atoms with Crippen LogP contribution >= 0.6 is 0 Å². The van der Waals surface area contributed by atoms with Crippen LogP contribution in [0.2, 0.25) is 0 Å². The fourth-order valence-corrected chi connectivity index (χ4v) is 3.02. The Morgan fingerprint density at radius 3 is 1.88 bits per heavy atom. The molecule has 0 amide bonds. The van der Waals surface area contributed by atoms with E-state index in [1.54, 1.807) is 24.4 Å². The Labute approximate surface area is 192 Å². The van der Waals surface area contributed by atoms with E-state index in [0.717, 1.165) is 16.7 Å². The number of nitrogens with zero attached hydrogens (tertiary/aromatic N) is 3. The summed E-state index contributed by atoms with van der Waals surface area (Å²) in [6.07, 6.45) is 1.75. The van der Waals surface area contributed by atoms with Gasteiger partial charge in [0.1, 0.15) is 47.9 Å². The number of nitriles is 2. The Morgan fingerprint density at radius 2 is 1.21 bits per heavy atom. The first-order valence-corrected chi connectivity index (χ1v) is 10.6. The molecule has 0 saturated heterocycles. The van der Waals surface area contributed by atoms with Crippen LogP contribution in [-0.2, 0) is 14.2 Å². The molecule has 33 heavy (non-hydrogen) atoms. The molecule has 0 bridgehead atoms. The molecule has 1 heterocycles. The van der Waals surface area contributed by atoms with Crippen molar-refractivity contribution in [2.24, 2.45) is 0 Å². The highest BCUT2D eigenvalue weighted by atomic mass is 16.6. The Hall–Kier alpha value is -3.69. The lowest BCUT2D eigenvalue weighted by atomic mass is 10.1. The molecule has 8 heteroatoms. The van der Waals surface area contributed by atoms with E-state index in [1.165, 1.54) is 0 Å². The first kappa shape index (κ1) is 24.0. The average Bonchev–Trinajstić information content (AvgIpc) is 2.86. The maximum Gasteiger partial charge on any atom is 0.145 e. The van der Waals surface area contributed by atoms with Gasteiger partial charge in [-0.2, -0.15) is 10.5 Å². The molecule has 0 saturated carbocycles. The van der Waals surface area contributed by atoms with Crippen molar-refractivity contribution in [2.45, 2.75) is 0 Å². The lowest BCUT2D eigenvalue weighted by molar-refractivity contribution is 0.00503. The molecule has 0 atom stereocenters. The number of fused-ring (bicyclic) bond motifs is 1. The molecule has 3 rings (SSSR count). The van der Waals surface area contributed by atoms with E-state index in [-0.39, 0.29) is 12.2 Å². The van der Waals surface area contributed by atoms with Crippen molar-refractivity contribution < 1.29 is 23.7 Å². The van der Waals surface area contributed by atoms with Crippen LogP contribution in [0.25, 0.3) is 10.9 Å². The Morgan fingerprint density at radius 1 is 0.636 bits per heavy atom. The second kappa shape index (κ2) is 13.7. The van der Waals surface area contributed by atoms with Crippen molar-refractivity contribution in [1.29, 1.82) is 10.5 Å². The van der Waals surface area contributed by atoms with Crippen LogP contribution in [-0.4, -0.2) is 57.8 Å². The minimum absolute atomic E-state index is 0.238. The molecule has 0 fully saturated rings. The fraction of sp³-hybridized carbons (Fsp3) is 0.320. The van der Waals surface area contributed by atoms with E-state index < -0.39 is 0 Å². The van der Waals surface area contributed by atoms with Gasteiger partial charge in [-0.25, -0.2) is 0 Å². The molecule has 0 aliphatic heterocycles. The maximum atomic E-state index is 9.16. The summed E-state index contributed by atoms with van der Waals surface area (Å²) >= 11 is 0. The van der Waals surface area contributed by atoms with Crippen molar-refractivity contribution in [2.75, 3.05) is 52.9 Å². The summed E-state index contributed by atoms with van der Waals surface area (Å²) in [6, 6.07) is 18.6. The zero-order valence-electron chi connectivity index (χ0n) is 18.2. The Bertz CT molecular complexity index is 1100. The molecule has 3 aromatic rings. The third-order valence-corrected chi connectivity index (χ3v) is 4.57. The van der Waals surface area contributed by atoms with E-state index >= 15 is 0 Å². The molecule has 2 aromatic carbocycles. The lowest BCUT2D eigenvalue weighted by Gasteiger charge is -2.10. The second-order valence-electron chi connectivity index (χ2n) is 6.77. The lowest BCUT2D eigenvalue weighted by Crippen LogP contribution is -2.14. The monoisotopic (exact) mass is 447 g/mol. The predicted octanol–water partition coefficient (Wildman–Crippen LogP) is 3.49. The predicted molar refractivity (Wildman–Crippen MR) is 121 cm³/mol. The molecular formula is C25H25N3O5. The van der Waals surface area contributed by atoms with Gasteiger partial charge in [-0.05, 0) is 24.3 Å². The quantitative estimate of drug-likeness (QED) is 0.346. The molecule has 1 aromatic heterocycles. The summed E-state index contributed by atoms with van der Waals surface area (Å²) < 4.78 is 27.7. The summed E-state index contributed by atoms with van der Waals surface area (Å²) in [4.78, 5) is 4.36. The van der Waals surface area contributed by atoms with Crippen molar-refractivity contribution in [1.82, 2.24) is 4.98 Å². The smallest absolute Gasteiger partial charge is 0.145 e. The van der Waals surface area contributed by atoms with E-state index in [0.29, 0.717) is 57.6 Å². The van der Waals surface area contributed by atoms with Crippen LogP contribution < -0.4 is 9.47 Å². The van der Waals surface area contributed by atoms with E-state index in [2.05, 4.69) is 4.98 Å². The standard InChI is InChI=1S/C25H25N3O5/c26-18-21-5-2-7-23(22(21)19-27)32-16-14-30-12-10-29-11-13-31-15-17-33-24-8-1-4-20-6-3-9-28-25(20)24/h1-9H,10-17H2. The first-order valence-electron chi connectivity index (χ1n) is 10.6. The van der Waals surface area contributed by atoms with Crippen molar-refractivity contribution in [3.63, 3.8) is 0 Å². The van der Waals surface area contributed by atoms with Gasteiger partial charge in [-0.15, -0.1) is 0 Å². The van der Waals surface area contributed by atoms with Gasteiger partial charge in [-0.3, -0.25) is 4.98 Å².